The molecule has 1 aromatic carbocycles. The molecule has 2 aromatic rings. The van der Waals surface area contributed by atoms with Crippen molar-refractivity contribution in [2.75, 3.05) is 23.3 Å². The van der Waals surface area contributed by atoms with E-state index in [1.165, 1.54) is 0 Å². The summed E-state index contributed by atoms with van der Waals surface area (Å²) in [6.45, 7) is 3.81. The van der Waals surface area contributed by atoms with E-state index in [9.17, 15) is 4.79 Å². The van der Waals surface area contributed by atoms with Gasteiger partial charge in [-0.05, 0) is 50.1 Å². The number of rotatable bonds is 4. The molecule has 2 N–H and O–H groups in total. The zero-order chi connectivity index (χ0) is 16.2. The summed E-state index contributed by atoms with van der Waals surface area (Å²) >= 11 is 0. The Bertz CT molecular complexity index is 679. The molecule has 23 heavy (non-hydrogen) atoms. The predicted octanol–water partition coefficient (Wildman–Crippen LogP) is 2.56. The van der Waals surface area contributed by atoms with Gasteiger partial charge in [0.2, 0.25) is 5.95 Å². The monoisotopic (exact) mass is 312 g/mol. The number of carboxylic acids is 1. The Labute approximate surface area is 135 Å². The van der Waals surface area contributed by atoms with E-state index in [0.29, 0.717) is 17.6 Å². The Balaban J connectivity index is 1.56. The number of aromatic nitrogens is 2. The molecule has 6 heteroatoms. The minimum Gasteiger partial charge on any atom is -0.478 e. The summed E-state index contributed by atoms with van der Waals surface area (Å²) < 4.78 is 0. The van der Waals surface area contributed by atoms with Gasteiger partial charge in [-0.2, -0.15) is 0 Å². The first-order valence-electron chi connectivity index (χ1n) is 7.76. The minimum absolute atomic E-state index is 0.321. The average Bonchev–Trinajstić information content (AvgIpc) is 2.56. The standard InChI is InChI=1S/C17H20N4O2/c1-12-6-9-18-17(19-12)20-14-7-10-21(11-8-14)15-4-2-13(3-5-15)16(22)23/h2-6,9,14H,7-8,10-11H2,1H3,(H,22,23)(H,18,19,20). The summed E-state index contributed by atoms with van der Waals surface area (Å²) in [7, 11) is 0. The van der Waals surface area contributed by atoms with Gasteiger partial charge in [-0.3, -0.25) is 0 Å². The van der Waals surface area contributed by atoms with E-state index in [-0.39, 0.29) is 0 Å². The maximum atomic E-state index is 10.9. The fourth-order valence-electron chi connectivity index (χ4n) is 2.80. The highest BCUT2D eigenvalue weighted by Crippen LogP contribution is 2.22. The molecule has 0 radical (unpaired) electrons. The minimum atomic E-state index is -0.891. The molecule has 0 atom stereocenters. The molecule has 6 nitrogen and oxygen atoms in total. The number of aryl methyl sites for hydroxylation is 1. The Morgan fingerprint density at radius 2 is 1.91 bits per heavy atom. The number of carbonyl (C=O) groups is 1. The largest absolute Gasteiger partial charge is 0.478 e. The smallest absolute Gasteiger partial charge is 0.335 e. The van der Waals surface area contributed by atoms with Gasteiger partial charge >= 0.3 is 5.97 Å². The maximum absolute atomic E-state index is 10.9. The van der Waals surface area contributed by atoms with Gasteiger partial charge in [0.1, 0.15) is 0 Å². The van der Waals surface area contributed by atoms with E-state index in [1.807, 2.05) is 25.1 Å². The molecule has 0 unspecified atom stereocenters. The fourth-order valence-corrected chi connectivity index (χ4v) is 2.80. The zero-order valence-electron chi connectivity index (χ0n) is 13.1. The van der Waals surface area contributed by atoms with Crippen LogP contribution < -0.4 is 10.2 Å². The van der Waals surface area contributed by atoms with Crippen LogP contribution in [0, 0.1) is 6.92 Å². The summed E-state index contributed by atoms with van der Waals surface area (Å²) in [5.41, 5.74) is 2.35. The van der Waals surface area contributed by atoms with Crippen LogP contribution in [-0.4, -0.2) is 40.2 Å². The van der Waals surface area contributed by atoms with Gasteiger partial charge in [-0.1, -0.05) is 0 Å². The lowest BCUT2D eigenvalue weighted by atomic mass is 10.0. The quantitative estimate of drug-likeness (QED) is 0.903. The molecular formula is C17H20N4O2. The summed E-state index contributed by atoms with van der Waals surface area (Å²) in [5, 5.41) is 12.3. The molecule has 0 spiro atoms. The van der Waals surface area contributed by atoms with Gasteiger partial charge < -0.3 is 15.3 Å². The highest BCUT2D eigenvalue weighted by Gasteiger charge is 2.20. The van der Waals surface area contributed by atoms with E-state index >= 15 is 0 Å². The SMILES string of the molecule is Cc1ccnc(NC2CCN(c3ccc(C(=O)O)cc3)CC2)n1. The van der Waals surface area contributed by atoms with Crippen molar-refractivity contribution in [3.8, 4) is 0 Å². The van der Waals surface area contributed by atoms with Crippen LogP contribution in [0.1, 0.15) is 28.9 Å². The lowest BCUT2D eigenvalue weighted by molar-refractivity contribution is 0.0697. The van der Waals surface area contributed by atoms with Crippen LogP contribution in [0.15, 0.2) is 36.5 Å². The van der Waals surface area contributed by atoms with Crippen LogP contribution in [0.25, 0.3) is 0 Å². The summed E-state index contributed by atoms with van der Waals surface area (Å²) in [6, 6.07) is 9.31. The van der Waals surface area contributed by atoms with Crippen LogP contribution in [0.2, 0.25) is 0 Å². The third kappa shape index (κ3) is 3.77. The number of hydrogen-bond acceptors (Lipinski definition) is 5. The molecule has 1 aromatic heterocycles. The number of piperidine rings is 1. The van der Waals surface area contributed by atoms with Crippen molar-refractivity contribution in [2.45, 2.75) is 25.8 Å². The molecule has 120 valence electrons. The zero-order valence-corrected chi connectivity index (χ0v) is 13.1. The van der Waals surface area contributed by atoms with Crippen molar-refractivity contribution < 1.29 is 9.90 Å². The Morgan fingerprint density at radius 3 is 2.52 bits per heavy atom. The van der Waals surface area contributed by atoms with Crippen molar-refractivity contribution in [1.82, 2.24) is 9.97 Å². The molecule has 1 saturated heterocycles. The van der Waals surface area contributed by atoms with Crippen LogP contribution in [0.4, 0.5) is 11.6 Å². The van der Waals surface area contributed by atoms with E-state index < -0.39 is 5.97 Å². The van der Waals surface area contributed by atoms with Gasteiger partial charge in [0, 0.05) is 36.7 Å². The topological polar surface area (TPSA) is 78.4 Å². The fraction of sp³-hybridized carbons (Fsp3) is 0.353. The Morgan fingerprint density at radius 1 is 1.22 bits per heavy atom. The first-order valence-corrected chi connectivity index (χ1v) is 7.76. The number of hydrogen-bond donors (Lipinski definition) is 2. The molecule has 0 aliphatic carbocycles. The predicted molar refractivity (Wildman–Crippen MR) is 89.0 cm³/mol. The number of nitrogens with one attached hydrogen (secondary N) is 1. The van der Waals surface area contributed by atoms with Crippen molar-refractivity contribution in [1.29, 1.82) is 0 Å². The second kappa shape index (κ2) is 6.64. The molecule has 1 aliphatic rings. The van der Waals surface area contributed by atoms with E-state index in [0.717, 1.165) is 37.3 Å². The van der Waals surface area contributed by atoms with Crippen molar-refractivity contribution in [3.63, 3.8) is 0 Å². The lowest BCUT2D eigenvalue weighted by Gasteiger charge is -2.34. The lowest BCUT2D eigenvalue weighted by Crippen LogP contribution is -2.39. The van der Waals surface area contributed by atoms with Crippen molar-refractivity contribution in [3.05, 3.63) is 47.8 Å². The van der Waals surface area contributed by atoms with E-state index in [1.54, 1.807) is 18.3 Å². The van der Waals surface area contributed by atoms with Crippen LogP contribution in [-0.2, 0) is 0 Å². The van der Waals surface area contributed by atoms with Gasteiger partial charge in [-0.25, -0.2) is 14.8 Å². The molecule has 2 heterocycles. The maximum Gasteiger partial charge on any atom is 0.335 e. The first-order chi connectivity index (χ1) is 11.1. The van der Waals surface area contributed by atoms with Gasteiger partial charge in [0.15, 0.2) is 0 Å². The van der Waals surface area contributed by atoms with Crippen molar-refractivity contribution in [2.24, 2.45) is 0 Å². The summed E-state index contributed by atoms with van der Waals surface area (Å²) in [5.74, 6) is -0.202. The van der Waals surface area contributed by atoms with Gasteiger partial charge in [0.25, 0.3) is 0 Å². The van der Waals surface area contributed by atoms with Crippen LogP contribution in [0.5, 0.6) is 0 Å². The molecular weight excluding hydrogens is 292 g/mol. The number of benzene rings is 1. The third-order valence-corrected chi connectivity index (χ3v) is 4.10. The molecule has 3 rings (SSSR count). The number of nitrogens with zero attached hydrogens (tertiary/aromatic N) is 3. The average molecular weight is 312 g/mol. The van der Waals surface area contributed by atoms with Crippen LogP contribution >= 0.6 is 0 Å². The van der Waals surface area contributed by atoms with E-state index in [4.69, 9.17) is 5.11 Å². The normalized spacial score (nSPS) is 15.4. The second-order valence-electron chi connectivity index (χ2n) is 5.78. The highest BCUT2D eigenvalue weighted by molar-refractivity contribution is 5.88. The second-order valence-corrected chi connectivity index (χ2v) is 5.78. The van der Waals surface area contributed by atoms with Gasteiger partial charge in [-0.15, -0.1) is 0 Å². The first kappa shape index (κ1) is 15.3. The van der Waals surface area contributed by atoms with Gasteiger partial charge in [0.05, 0.1) is 5.56 Å². The summed E-state index contributed by atoms with van der Waals surface area (Å²) in [6.07, 6.45) is 3.76. The van der Waals surface area contributed by atoms with Crippen molar-refractivity contribution >= 4 is 17.6 Å². The highest BCUT2D eigenvalue weighted by atomic mass is 16.4. The Hall–Kier alpha value is -2.63. The molecule has 0 saturated carbocycles. The summed E-state index contributed by atoms with van der Waals surface area (Å²) in [4.78, 5) is 21.8. The number of carboxylic acid groups (broad SMARTS) is 1. The Kier molecular flexibility index (Phi) is 4.41. The molecule has 0 bridgehead atoms. The molecule has 1 aliphatic heterocycles. The molecule has 0 amide bonds. The number of anilines is 2. The van der Waals surface area contributed by atoms with Crippen LogP contribution in [0.3, 0.4) is 0 Å². The van der Waals surface area contributed by atoms with E-state index in [2.05, 4.69) is 20.2 Å². The number of aromatic carboxylic acids is 1. The third-order valence-electron chi connectivity index (χ3n) is 4.10. The molecule has 1 fully saturated rings.